The summed E-state index contributed by atoms with van der Waals surface area (Å²) in [5.74, 6) is -1.37. The summed E-state index contributed by atoms with van der Waals surface area (Å²) in [5.41, 5.74) is 5.08. The lowest BCUT2D eigenvalue weighted by Gasteiger charge is -2.15. The zero-order valence-corrected chi connectivity index (χ0v) is 17.5. The number of primary amides is 1. The van der Waals surface area contributed by atoms with Gasteiger partial charge in [0.25, 0.3) is 5.56 Å². The van der Waals surface area contributed by atoms with Crippen LogP contribution in [0.15, 0.2) is 34.1 Å². The molecule has 10 nitrogen and oxygen atoms in total. The number of carbonyl (C=O) groups excluding carboxylic acids is 2. The van der Waals surface area contributed by atoms with Gasteiger partial charge in [0, 0.05) is 25.3 Å². The first-order chi connectivity index (χ1) is 13.4. The first-order valence-corrected chi connectivity index (χ1v) is 10.1. The van der Waals surface area contributed by atoms with Gasteiger partial charge < -0.3 is 11.1 Å². The molecular weight excluding hydrogens is 422 g/mol. The Balaban J connectivity index is 2.27. The van der Waals surface area contributed by atoms with E-state index in [0.29, 0.717) is 5.56 Å². The summed E-state index contributed by atoms with van der Waals surface area (Å²) >= 11 is 5.87. The maximum absolute atomic E-state index is 12.4. The number of amides is 2. The van der Waals surface area contributed by atoms with Crippen LogP contribution >= 0.6 is 11.6 Å². The van der Waals surface area contributed by atoms with Crippen LogP contribution in [-0.4, -0.2) is 48.4 Å². The Bertz CT molecular complexity index is 1130. The Hall–Kier alpha value is -2.76. The van der Waals surface area contributed by atoms with Crippen LogP contribution in [0.5, 0.6) is 0 Å². The zero-order chi connectivity index (χ0) is 21.9. The van der Waals surface area contributed by atoms with E-state index < -0.39 is 33.9 Å². The van der Waals surface area contributed by atoms with Gasteiger partial charge in [0.15, 0.2) is 0 Å². The van der Waals surface area contributed by atoms with Crippen LogP contribution in [0.4, 0.5) is 5.69 Å². The molecule has 0 saturated heterocycles. The molecule has 0 bridgehead atoms. The van der Waals surface area contributed by atoms with Crippen molar-refractivity contribution in [1.82, 2.24) is 14.1 Å². The Morgan fingerprint density at radius 3 is 2.55 bits per heavy atom. The highest BCUT2D eigenvalue weighted by Crippen LogP contribution is 2.22. The summed E-state index contributed by atoms with van der Waals surface area (Å²) in [6, 6.07) is 4.43. The van der Waals surface area contributed by atoms with Gasteiger partial charge in [0.05, 0.1) is 22.5 Å². The summed E-state index contributed by atoms with van der Waals surface area (Å²) in [7, 11) is -0.887. The van der Waals surface area contributed by atoms with Crippen LogP contribution in [0.25, 0.3) is 0 Å². The standard InChI is InChI=1S/C17H20ClN5O5S/c1-10-4-5-11(6-14(10)29(27,28)22(2)3)21-16(25)9-23-17(26)12(7-15(19)24)13(18)8-20-23/h4-6,8H,7,9H2,1-3H3,(H2,19,24)(H,21,25). The zero-order valence-electron chi connectivity index (χ0n) is 16.0. The number of hydrogen-bond donors (Lipinski definition) is 2. The Kier molecular flexibility index (Phi) is 6.77. The fraction of sp³-hybridized carbons (Fsp3) is 0.294. The minimum atomic E-state index is -3.70. The summed E-state index contributed by atoms with van der Waals surface area (Å²) in [6.07, 6.45) is 0.758. The molecule has 3 N–H and O–H groups in total. The molecular formula is C17H20ClN5O5S. The summed E-state index contributed by atoms with van der Waals surface area (Å²) in [4.78, 5) is 35.8. The Morgan fingerprint density at radius 1 is 1.31 bits per heavy atom. The molecule has 0 spiro atoms. The third-order valence-corrected chi connectivity index (χ3v) is 6.25. The minimum absolute atomic E-state index is 0.0254. The van der Waals surface area contributed by atoms with Crippen molar-refractivity contribution in [1.29, 1.82) is 0 Å². The van der Waals surface area contributed by atoms with Crippen molar-refractivity contribution >= 4 is 39.1 Å². The van der Waals surface area contributed by atoms with Gasteiger partial charge in [-0.25, -0.2) is 17.4 Å². The van der Waals surface area contributed by atoms with Crippen LogP contribution in [0.3, 0.4) is 0 Å². The van der Waals surface area contributed by atoms with Crippen LogP contribution in [0.1, 0.15) is 11.1 Å². The second-order valence-electron chi connectivity index (χ2n) is 6.39. The van der Waals surface area contributed by atoms with Crippen molar-refractivity contribution in [3.05, 3.63) is 50.9 Å². The predicted octanol–water partition coefficient (Wildman–Crippen LogP) is 0.122. The maximum Gasteiger partial charge on any atom is 0.272 e. The third kappa shape index (κ3) is 5.19. The average molecular weight is 442 g/mol. The largest absolute Gasteiger partial charge is 0.369 e. The van der Waals surface area contributed by atoms with Gasteiger partial charge in [0.1, 0.15) is 6.54 Å². The van der Waals surface area contributed by atoms with Gasteiger partial charge in [0.2, 0.25) is 21.8 Å². The molecule has 12 heteroatoms. The van der Waals surface area contributed by atoms with Gasteiger partial charge in [-0.05, 0) is 24.6 Å². The molecule has 2 amide bonds. The number of aromatic nitrogens is 2. The van der Waals surface area contributed by atoms with Crippen LogP contribution in [-0.2, 0) is 32.6 Å². The molecule has 0 saturated carbocycles. The van der Waals surface area contributed by atoms with Gasteiger partial charge in [-0.15, -0.1) is 0 Å². The SMILES string of the molecule is Cc1ccc(NC(=O)Cn2ncc(Cl)c(CC(N)=O)c2=O)cc1S(=O)(=O)N(C)C. The molecule has 0 atom stereocenters. The minimum Gasteiger partial charge on any atom is -0.369 e. The maximum atomic E-state index is 12.4. The molecule has 156 valence electrons. The molecule has 0 aliphatic carbocycles. The smallest absolute Gasteiger partial charge is 0.272 e. The third-order valence-electron chi connectivity index (χ3n) is 3.97. The van der Waals surface area contributed by atoms with Crippen molar-refractivity contribution in [3.8, 4) is 0 Å². The summed E-state index contributed by atoms with van der Waals surface area (Å²) < 4.78 is 26.7. The predicted molar refractivity (Wildman–Crippen MR) is 107 cm³/mol. The van der Waals surface area contributed by atoms with E-state index >= 15 is 0 Å². The fourth-order valence-electron chi connectivity index (χ4n) is 2.44. The molecule has 1 heterocycles. The number of carbonyl (C=O) groups is 2. The molecule has 0 aliphatic rings. The second-order valence-corrected chi connectivity index (χ2v) is 8.92. The Labute approximate surface area is 172 Å². The van der Waals surface area contributed by atoms with E-state index in [2.05, 4.69) is 10.4 Å². The normalized spacial score (nSPS) is 11.5. The lowest BCUT2D eigenvalue weighted by molar-refractivity contribution is -0.117. The van der Waals surface area contributed by atoms with E-state index in [1.807, 2.05) is 0 Å². The number of sulfonamides is 1. The van der Waals surface area contributed by atoms with Crippen molar-refractivity contribution in [2.75, 3.05) is 19.4 Å². The lowest BCUT2D eigenvalue weighted by Crippen LogP contribution is -2.33. The van der Waals surface area contributed by atoms with Crippen LogP contribution in [0.2, 0.25) is 5.02 Å². The highest BCUT2D eigenvalue weighted by atomic mass is 35.5. The van der Waals surface area contributed by atoms with Crippen molar-refractivity contribution in [3.63, 3.8) is 0 Å². The molecule has 2 rings (SSSR count). The van der Waals surface area contributed by atoms with E-state index in [1.165, 1.54) is 20.2 Å². The van der Waals surface area contributed by atoms with E-state index in [-0.39, 0.29) is 27.6 Å². The Morgan fingerprint density at radius 2 is 1.97 bits per heavy atom. The summed E-state index contributed by atoms with van der Waals surface area (Å²) in [6.45, 7) is 1.17. The summed E-state index contributed by atoms with van der Waals surface area (Å²) in [5, 5.41) is 6.28. The first-order valence-electron chi connectivity index (χ1n) is 8.29. The van der Waals surface area contributed by atoms with E-state index in [1.54, 1.807) is 19.1 Å². The van der Waals surface area contributed by atoms with Crippen molar-refractivity contribution in [2.45, 2.75) is 24.8 Å². The number of hydrogen-bond acceptors (Lipinski definition) is 6. The number of rotatable bonds is 7. The molecule has 0 radical (unpaired) electrons. The molecule has 0 aliphatic heterocycles. The number of halogens is 1. The number of nitrogens with zero attached hydrogens (tertiary/aromatic N) is 3. The highest BCUT2D eigenvalue weighted by molar-refractivity contribution is 7.89. The van der Waals surface area contributed by atoms with Crippen molar-refractivity contribution in [2.24, 2.45) is 5.73 Å². The fourth-order valence-corrected chi connectivity index (χ4v) is 3.78. The van der Waals surface area contributed by atoms with Crippen LogP contribution < -0.4 is 16.6 Å². The van der Waals surface area contributed by atoms with E-state index in [4.69, 9.17) is 17.3 Å². The topological polar surface area (TPSA) is 144 Å². The number of aryl methyl sites for hydroxylation is 1. The number of nitrogens with two attached hydrogens (primary N) is 1. The molecule has 0 fully saturated rings. The van der Waals surface area contributed by atoms with Crippen LogP contribution in [0, 0.1) is 6.92 Å². The quantitative estimate of drug-likeness (QED) is 0.624. The second kappa shape index (κ2) is 8.72. The van der Waals surface area contributed by atoms with Gasteiger partial charge in [-0.2, -0.15) is 5.10 Å². The molecule has 2 aromatic rings. The van der Waals surface area contributed by atoms with Crippen molar-refractivity contribution < 1.29 is 18.0 Å². The molecule has 29 heavy (non-hydrogen) atoms. The average Bonchev–Trinajstić information content (AvgIpc) is 2.62. The molecule has 0 unspecified atom stereocenters. The monoisotopic (exact) mass is 441 g/mol. The van der Waals surface area contributed by atoms with E-state index in [0.717, 1.165) is 15.2 Å². The van der Waals surface area contributed by atoms with Gasteiger partial charge in [-0.1, -0.05) is 17.7 Å². The van der Waals surface area contributed by atoms with Gasteiger partial charge >= 0.3 is 0 Å². The number of nitrogens with one attached hydrogen (secondary N) is 1. The van der Waals surface area contributed by atoms with E-state index in [9.17, 15) is 22.8 Å². The number of anilines is 1. The highest BCUT2D eigenvalue weighted by Gasteiger charge is 2.21. The molecule has 1 aromatic heterocycles. The van der Waals surface area contributed by atoms with Gasteiger partial charge in [-0.3, -0.25) is 14.4 Å². The first kappa shape index (κ1) is 22.5. The number of benzene rings is 1. The molecule has 1 aromatic carbocycles. The lowest BCUT2D eigenvalue weighted by atomic mass is 10.2.